The Kier molecular flexibility index (Phi) is 7.41. The predicted molar refractivity (Wildman–Crippen MR) is 142 cm³/mol. The van der Waals surface area contributed by atoms with E-state index in [4.69, 9.17) is 14.2 Å². The van der Waals surface area contributed by atoms with Gasteiger partial charge in [0.05, 0.1) is 7.11 Å². The van der Waals surface area contributed by atoms with E-state index in [9.17, 15) is 18.8 Å². The van der Waals surface area contributed by atoms with Gasteiger partial charge in [0.15, 0.2) is 0 Å². The zero-order valence-electron chi connectivity index (χ0n) is 21.9. The molecular weight excluding hydrogens is 607 g/mol. The molecule has 214 valence electrons. The summed E-state index contributed by atoms with van der Waals surface area (Å²) in [7, 11) is 1.17. The molecule has 0 N–H and O–H groups in total. The molecule has 0 aliphatic carbocycles. The summed E-state index contributed by atoms with van der Waals surface area (Å²) in [6.07, 6.45) is -0.0430. The van der Waals surface area contributed by atoms with Crippen LogP contribution in [0.25, 0.3) is 0 Å². The second-order valence-electron chi connectivity index (χ2n) is 9.45. The number of ether oxygens (including phenoxy) is 4. The molecule has 1 saturated heterocycles. The summed E-state index contributed by atoms with van der Waals surface area (Å²) < 4.78 is 53.2. The maximum atomic E-state index is 15.3. The number of amides is 1. The SMILES string of the molecule is COC(=O)OCCOc1c2n(ccc1=O)N([C@@H]1c3ccccc3[Se]Cc3c1ccc(F)c3F)[C@@H]1COCCN1C2=O. The van der Waals surface area contributed by atoms with Gasteiger partial charge in [-0.3, -0.25) is 0 Å². The van der Waals surface area contributed by atoms with Gasteiger partial charge >= 0.3 is 223 Å². The quantitative estimate of drug-likeness (QED) is 0.238. The number of methoxy groups -OCH3 is 1. The van der Waals surface area contributed by atoms with E-state index in [0.29, 0.717) is 10.9 Å². The van der Waals surface area contributed by atoms with Crippen molar-refractivity contribution < 1.29 is 37.3 Å². The molecule has 0 saturated carbocycles. The molecule has 2 aromatic carbocycles. The van der Waals surface area contributed by atoms with Crippen LogP contribution in [0.15, 0.2) is 53.5 Å². The molecule has 0 bridgehead atoms. The topological polar surface area (TPSA) is 99.5 Å². The predicted octanol–water partition coefficient (Wildman–Crippen LogP) is 1.67. The number of hydrogen-bond acceptors (Lipinski definition) is 8. The van der Waals surface area contributed by atoms with E-state index in [0.717, 1.165) is 16.1 Å². The van der Waals surface area contributed by atoms with Gasteiger partial charge in [-0.05, 0) is 0 Å². The summed E-state index contributed by atoms with van der Waals surface area (Å²) in [6.45, 7) is 0.273. The Morgan fingerprint density at radius 2 is 1.93 bits per heavy atom. The zero-order chi connectivity index (χ0) is 28.7. The second kappa shape index (κ2) is 11.2. The molecule has 0 radical (unpaired) electrons. The van der Waals surface area contributed by atoms with Crippen LogP contribution in [0.3, 0.4) is 0 Å². The van der Waals surface area contributed by atoms with Crippen molar-refractivity contribution in [2.24, 2.45) is 0 Å². The number of benzene rings is 2. The first-order valence-corrected chi connectivity index (χ1v) is 14.9. The van der Waals surface area contributed by atoms with Crippen LogP contribution in [-0.4, -0.2) is 82.8 Å². The molecule has 1 fully saturated rings. The van der Waals surface area contributed by atoms with Crippen molar-refractivity contribution in [3.8, 4) is 5.75 Å². The Hall–Kier alpha value is -3.93. The van der Waals surface area contributed by atoms with Crippen molar-refractivity contribution in [2.45, 2.75) is 17.5 Å². The standard InChI is InChI=1S/C28H25F2N3O7Se/c1-37-28(36)40-13-12-39-26-20(34)8-9-32-25(26)27(35)31-10-11-38-14-22(31)33(32)24-16-6-7-19(29)23(30)18(16)15-41-21-5-3-2-4-17(21)24/h2-9,22,24H,10-15H2,1H3/t22-,24+/m1/s1. The fourth-order valence-corrected chi connectivity index (χ4v) is 7.78. The van der Waals surface area contributed by atoms with Crippen molar-refractivity contribution in [1.82, 2.24) is 9.58 Å². The number of halogens is 2. The van der Waals surface area contributed by atoms with Gasteiger partial charge in [0.2, 0.25) is 0 Å². The Bertz CT molecular complexity index is 1580. The number of morpholine rings is 1. The molecule has 1 amide bonds. The molecule has 3 aromatic rings. The fourth-order valence-electron chi connectivity index (χ4n) is 5.44. The van der Waals surface area contributed by atoms with Crippen LogP contribution in [0, 0.1) is 11.6 Å². The Morgan fingerprint density at radius 1 is 1.10 bits per heavy atom. The van der Waals surface area contributed by atoms with Crippen LogP contribution in [0.1, 0.15) is 33.2 Å². The summed E-state index contributed by atoms with van der Waals surface area (Å²) in [5.41, 5.74) is 1.17. The molecule has 2 atom stereocenters. The van der Waals surface area contributed by atoms with Gasteiger partial charge in [0.1, 0.15) is 0 Å². The van der Waals surface area contributed by atoms with Gasteiger partial charge in [0, 0.05) is 0 Å². The van der Waals surface area contributed by atoms with Gasteiger partial charge < -0.3 is 4.74 Å². The average molecular weight is 632 g/mol. The van der Waals surface area contributed by atoms with Crippen LogP contribution in [0.5, 0.6) is 5.75 Å². The minimum atomic E-state index is -0.922. The molecule has 6 rings (SSSR count). The second-order valence-corrected chi connectivity index (χ2v) is 11.6. The van der Waals surface area contributed by atoms with Crippen molar-refractivity contribution in [2.75, 3.05) is 45.1 Å². The van der Waals surface area contributed by atoms with Crippen molar-refractivity contribution in [3.05, 3.63) is 92.9 Å². The van der Waals surface area contributed by atoms with E-state index >= 15 is 4.39 Å². The summed E-state index contributed by atoms with van der Waals surface area (Å²) in [4.78, 5) is 39.9. The summed E-state index contributed by atoms with van der Waals surface area (Å²) in [6, 6.07) is 11.1. The number of aromatic nitrogens is 1. The number of carbonyl (C=O) groups excluding carboxylic acids is 2. The molecule has 13 heteroatoms. The third-order valence-electron chi connectivity index (χ3n) is 7.25. The van der Waals surface area contributed by atoms with Crippen LogP contribution in [-0.2, 0) is 19.5 Å². The Morgan fingerprint density at radius 3 is 2.76 bits per heavy atom. The first kappa shape index (κ1) is 27.2. The zero-order valence-corrected chi connectivity index (χ0v) is 23.6. The maximum absolute atomic E-state index is 15.3. The van der Waals surface area contributed by atoms with Crippen molar-refractivity contribution in [3.63, 3.8) is 0 Å². The molecule has 3 aliphatic heterocycles. The molecule has 4 heterocycles. The summed E-state index contributed by atoms with van der Waals surface area (Å²) >= 11 is -0.191. The number of rotatable bonds is 5. The molecule has 3 aliphatic rings. The van der Waals surface area contributed by atoms with Crippen molar-refractivity contribution in [1.29, 1.82) is 0 Å². The van der Waals surface area contributed by atoms with E-state index in [1.54, 1.807) is 15.6 Å². The Labute approximate surface area is 239 Å². The number of pyridine rings is 1. The first-order valence-electron chi connectivity index (χ1n) is 12.9. The molecule has 1 aromatic heterocycles. The molecule has 0 spiro atoms. The fraction of sp³-hybridized carbons (Fsp3) is 0.321. The Balaban J connectivity index is 1.53. The van der Waals surface area contributed by atoms with E-state index in [1.807, 2.05) is 29.3 Å². The number of carbonyl (C=O) groups is 2. The van der Waals surface area contributed by atoms with Crippen LogP contribution >= 0.6 is 0 Å². The van der Waals surface area contributed by atoms with Gasteiger partial charge in [0.25, 0.3) is 0 Å². The van der Waals surface area contributed by atoms with Gasteiger partial charge in [-0.2, -0.15) is 0 Å². The van der Waals surface area contributed by atoms with Gasteiger partial charge in [-0.25, -0.2) is 4.79 Å². The number of hydrogen-bond donors (Lipinski definition) is 0. The third-order valence-corrected chi connectivity index (χ3v) is 9.59. The van der Waals surface area contributed by atoms with Gasteiger partial charge in [-0.15, -0.1) is 0 Å². The van der Waals surface area contributed by atoms with Crippen LogP contribution in [0.2, 0.25) is 0 Å². The monoisotopic (exact) mass is 633 g/mol. The van der Waals surface area contributed by atoms with E-state index in [1.165, 1.54) is 19.4 Å². The van der Waals surface area contributed by atoms with Crippen LogP contribution in [0.4, 0.5) is 13.6 Å². The normalized spacial score (nSPS) is 19.3. The van der Waals surface area contributed by atoms with E-state index < -0.39 is 41.3 Å². The minimum absolute atomic E-state index is 0.0231. The summed E-state index contributed by atoms with van der Waals surface area (Å²) in [5.74, 6) is -2.46. The third kappa shape index (κ3) is 4.73. The first-order chi connectivity index (χ1) is 19.9. The van der Waals surface area contributed by atoms with Gasteiger partial charge in [-0.1, -0.05) is 0 Å². The molecule has 0 unspecified atom stereocenters. The average Bonchev–Trinajstić information content (AvgIpc) is 3.15. The molecule has 10 nitrogen and oxygen atoms in total. The van der Waals surface area contributed by atoms with E-state index in [2.05, 4.69) is 4.74 Å². The molecule has 41 heavy (non-hydrogen) atoms. The van der Waals surface area contributed by atoms with Crippen molar-refractivity contribution >= 4 is 31.5 Å². The van der Waals surface area contributed by atoms with E-state index in [-0.39, 0.29) is 64.9 Å². The molecular formula is C28H25F2N3O7Se. The number of nitrogens with zero attached hydrogens (tertiary/aromatic N) is 3. The summed E-state index contributed by atoms with van der Waals surface area (Å²) in [5, 5.41) is 2.23. The number of fused-ring (bicyclic) bond motifs is 4. The van der Waals surface area contributed by atoms with Crippen LogP contribution < -0.4 is 19.6 Å².